The molecule has 1 aromatic rings. The first-order valence-corrected chi connectivity index (χ1v) is 22.8. The molecule has 21 N–H and O–H groups in total. The number of aliphatic hydroxyl groups excluding tert-OH is 2. The van der Waals surface area contributed by atoms with Crippen molar-refractivity contribution >= 4 is 53.2 Å². The van der Waals surface area contributed by atoms with Gasteiger partial charge in [0.25, 0.3) is 0 Å². The highest BCUT2D eigenvalue weighted by Gasteiger charge is 2.36. The van der Waals surface area contributed by atoms with Gasteiger partial charge in [-0.3, -0.25) is 43.2 Å². The van der Waals surface area contributed by atoms with E-state index in [1.807, 2.05) is 0 Å². The van der Waals surface area contributed by atoms with Crippen LogP contribution in [0.5, 0.6) is 0 Å². The van der Waals surface area contributed by atoms with Gasteiger partial charge in [0.05, 0.1) is 12.2 Å². The lowest BCUT2D eigenvalue weighted by Gasteiger charge is -2.28. The topological polar surface area (TPSA) is 432 Å². The van der Waals surface area contributed by atoms with Crippen LogP contribution in [0.2, 0.25) is 0 Å². The average molecular weight is 963 g/mol. The number of rotatable bonds is 18. The molecule has 0 bridgehead atoms. The zero-order valence-electron chi connectivity index (χ0n) is 39.3. The van der Waals surface area contributed by atoms with E-state index in [2.05, 4.69) is 47.9 Å². The normalized spacial score (nSPS) is 24.9. The Morgan fingerprint density at radius 1 is 0.632 bits per heavy atom. The molecule has 68 heavy (non-hydrogen) atoms. The molecule has 2 unspecified atom stereocenters. The van der Waals surface area contributed by atoms with Gasteiger partial charge in [0.15, 0.2) is 0 Å². The Balaban J connectivity index is 2.74. The summed E-state index contributed by atoms with van der Waals surface area (Å²) in [6.45, 7) is 5.20. The molecule has 25 heteroatoms. The van der Waals surface area contributed by atoms with E-state index in [1.165, 1.54) is 13.8 Å². The number of amides is 9. The summed E-state index contributed by atoms with van der Waals surface area (Å²) in [5.41, 5.74) is 29.6. The second-order valence-electron chi connectivity index (χ2n) is 17.1. The Hall–Kier alpha value is -5.83. The van der Waals surface area contributed by atoms with E-state index in [4.69, 9.17) is 28.7 Å². The highest BCUT2D eigenvalue weighted by molar-refractivity contribution is 5.98. The molecule has 2 rings (SSSR count). The van der Waals surface area contributed by atoms with Crippen LogP contribution in [0.4, 0.5) is 0 Å². The molecule has 0 radical (unpaired) electrons. The van der Waals surface area contributed by atoms with Crippen LogP contribution in [0.3, 0.4) is 0 Å². The predicted molar refractivity (Wildman–Crippen MR) is 249 cm³/mol. The SMILES string of the molecule is CC(C)C[C@@H]1NC(=O)[C@@H](Cc2ccccc2)NC(=O)[C@H](CCN)NC(=O)[C@@H](NC(=O)[C@H](CCN)NC(=O)[C@@H](N)C(C)O)CCNC(=O)[C@H](C(C)O)NC(=O)[C@H](CCN)NC(=O)[C@H](CCN)NC1=O. The van der Waals surface area contributed by atoms with Crippen molar-refractivity contribution in [1.29, 1.82) is 0 Å². The zero-order valence-corrected chi connectivity index (χ0v) is 39.3. The fourth-order valence-corrected chi connectivity index (χ4v) is 7.00. The molecule has 1 aromatic carbocycles. The molecule has 11 atom stereocenters. The summed E-state index contributed by atoms with van der Waals surface area (Å²) in [5.74, 6) is -8.14. The van der Waals surface area contributed by atoms with Crippen LogP contribution in [-0.2, 0) is 49.6 Å². The maximum atomic E-state index is 14.2. The fourth-order valence-electron chi connectivity index (χ4n) is 7.00. The van der Waals surface area contributed by atoms with Crippen molar-refractivity contribution in [2.75, 3.05) is 32.7 Å². The van der Waals surface area contributed by atoms with Gasteiger partial charge in [-0.2, -0.15) is 0 Å². The molecule has 0 saturated carbocycles. The van der Waals surface area contributed by atoms with Crippen molar-refractivity contribution < 1.29 is 53.4 Å². The second kappa shape index (κ2) is 29.8. The number of aliphatic hydroxyl groups is 2. The number of hydrogen-bond donors (Lipinski definition) is 16. The number of carbonyl (C=O) groups excluding carboxylic acids is 9. The van der Waals surface area contributed by atoms with E-state index in [1.54, 1.807) is 44.2 Å². The molecular formula is C43H74N14O11. The first-order valence-electron chi connectivity index (χ1n) is 22.8. The van der Waals surface area contributed by atoms with Gasteiger partial charge in [-0.1, -0.05) is 44.2 Å². The van der Waals surface area contributed by atoms with Crippen molar-refractivity contribution in [2.24, 2.45) is 34.6 Å². The van der Waals surface area contributed by atoms with Crippen molar-refractivity contribution in [3.8, 4) is 0 Å². The molecule has 0 aliphatic carbocycles. The Morgan fingerprint density at radius 2 is 1.10 bits per heavy atom. The number of nitrogens with two attached hydrogens (primary N) is 5. The lowest BCUT2D eigenvalue weighted by Crippen LogP contribution is -2.61. The molecule has 9 amide bonds. The molecule has 0 spiro atoms. The van der Waals surface area contributed by atoms with Crippen molar-refractivity contribution in [1.82, 2.24) is 47.9 Å². The summed E-state index contributed by atoms with van der Waals surface area (Å²) in [4.78, 5) is 124. The summed E-state index contributed by atoms with van der Waals surface area (Å²) in [5, 5.41) is 43.4. The van der Waals surface area contributed by atoms with Crippen molar-refractivity contribution in [3.05, 3.63) is 35.9 Å². The first kappa shape index (κ1) is 58.3. The minimum Gasteiger partial charge on any atom is -0.391 e. The first-order chi connectivity index (χ1) is 32.2. The van der Waals surface area contributed by atoms with Gasteiger partial charge in [-0.25, -0.2) is 0 Å². The van der Waals surface area contributed by atoms with Gasteiger partial charge in [0, 0.05) is 13.0 Å². The molecule has 1 heterocycles. The molecular weight excluding hydrogens is 889 g/mol. The van der Waals surface area contributed by atoms with Gasteiger partial charge in [0.2, 0.25) is 53.2 Å². The minimum absolute atomic E-state index is 0.0731. The molecule has 382 valence electrons. The predicted octanol–water partition coefficient (Wildman–Crippen LogP) is -6.84. The van der Waals surface area contributed by atoms with Crippen LogP contribution in [-0.4, -0.2) is 163 Å². The molecule has 0 aromatic heterocycles. The smallest absolute Gasteiger partial charge is 0.245 e. The summed E-state index contributed by atoms with van der Waals surface area (Å²) in [6, 6.07) is -4.14. The third kappa shape index (κ3) is 19.4. The van der Waals surface area contributed by atoms with Gasteiger partial charge >= 0.3 is 0 Å². The van der Waals surface area contributed by atoms with Crippen LogP contribution in [0, 0.1) is 5.92 Å². The fraction of sp³-hybridized carbons (Fsp3) is 0.651. The number of benzene rings is 1. The Kier molecular flexibility index (Phi) is 25.6. The molecule has 1 fully saturated rings. The second-order valence-corrected chi connectivity index (χ2v) is 17.1. The third-order valence-corrected chi connectivity index (χ3v) is 10.9. The minimum atomic E-state index is -1.63. The van der Waals surface area contributed by atoms with E-state index < -0.39 is 126 Å². The highest BCUT2D eigenvalue weighted by atomic mass is 16.3. The summed E-state index contributed by atoms with van der Waals surface area (Å²) < 4.78 is 0. The largest absolute Gasteiger partial charge is 0.391 e. The van der Waals surface area contributed by atoms with E-state index >= 15 is 0 Å². The van der Waals surface area contributed by atoms with E-state index in [0.29, 0.717) is 5.56 Å². The summed E-state index contributed by atoms with van der Waals surface area (Å²) in [6.07, 6.45) is -3.78. The molecule has 1 aliphatic rings. The lowest BCUT2D eigenvalue weighted by molar-refractivity contribution is -0.136. The van der Waals surface area contributed by atoms with Crippen LogP contribution in [0.15, 0.2) is 30.3 Å². The van der Waals surface area contributed by atoms with E-state index in [9.17, 15) is 53.4 Å². The van der Waals surface area contributed by atoms with Crippen LogP contribution < -0.4 is 76.5 Å². The number of nitrogens with one attached hydrogen (secondary N) is 9. The monoisotopic (exact) mass is 963 g/mol. The zero-order chi connectivity index (χ0) is 51.1. The maximum Gasteiger partial charge on any atom is 0.245 e. The van der Waals surface area contributed by atoms with Crippen molar-refractivity contribution in [2.45, 2.75) is 139 Å². The highest BCUT2D eigenvalue weighted by Crippen LogP contribution is 2.11. The van der Waals surface area contributed by atoms with E-state index in [0.717, 1.165) is 0 Å². The Labute approximate surface area is 396 Å². The van der Waals surface area contributed by atoms with Gasteiger partial charge in [0.1, 0.15) is 54.4 Å². The third-order valence-electron chi connectivity index (χ3n) is 10.9. The van der Waals surface area contributed by atoms with Crippen molar-refractivity contribution in [3.63, 3.8) is 0 Å². The number of carbonyl (C=O) groups is 9. The molecule has 25 nitrogen and oxygen atoms in total. The quantitative estimate of drug-likeness (QED) is 0.0650. The van der Waals surface area contributed by atoms with Crippen LogP contribution in [0.25, 0.3) is 0 Å². The maximum absolute atomic E-state index is 14.2. The van der Waals surface area contributed by atoms with Gasteiger partial charge < -0.3 is 86.7 Å². The standard InChI is InChI=1S/C43H74N14O11/c1-22(2)20-31-40(65)52-26(10-15-44)35(60)51-29(13-18-47)39(64)57-34(24(4)59)43(68)49-19-14-30(53-36(61)28(12-17-46)54-42(67)33(48)23(3)58)38(63)50-27(11-16-45)37(62)56-32(41(66)55-31)21-25-8-6-5-7-9-25/h5-9,22-24,26-34,58-59H,10-21,44-48H2,1-4H3,(H,49,68)(H,50,63)(H,51,60)(H,52,65)(H,53,61)(H,54,67)(H,55,66)(H,56,62)(H,57,64)/t23?,24?,26-,27-,28-,29-,30-,31-,32+,33-,34-/m0/s1. The number of hydrogen-bond acceptors (Lipinski definition) is 16. The summed E-state index contributed by atoms with van der Waals surface area (Å²) >= 11 is 0. The lowest BCUT2D eigenvalue weighted by atomic mass is 10.00. The molecule has 1 saturated heterocycles. The van der Waals surface area contributed by atoms with Crippen LogP contribution >= 0.6 is 0 Å². The van der Waals surface area contributed by atoms with Crippen LogP contribution in [0.1, 0.15) is 71.8 Å². The van der Waals surface area contributed by atoms with Gasteiger partial charge in [-0.05, 0) is 90.0 Å². The van der Waals surface area contributed by atoms with E-state index in [-0.39, 0.29) is 77.0 Å². The average Bonchev–Trinajstić information content (AvgIpc) is 3.28. The molecule has 1 aliphatic heterocycles. The summed E-state index contributed by atoms with van der Waals surface area (Å²) in [7, 11) is 0. The van der Waals surface area contributed by atoms with Gasteiger partial charge in [-0.15, -0.1) is 0 Å². The Bertz CT molecular complexity index is 1840. The Morgan fingerprint density at radius 3 is 1.59 bits per heavy atom.